The number of ether oxygens (including phenoxy) is 1. The van der Waals surface area contributed by atoms with Crippen molar-refractivity contribution in [2.75, 3.05) is 7.11 Å². The van der Waals surface area contributed by atoms with Gasteiger partial charge in [0, 0.05) is 22.4 Å². The smallest absolute Gasteiger partial charge is 0.263 e. The van der Waals surface area contributed by atoms with Crippen molar-refractivity contribution < 1.29 is 9.84 Å². The molecule has 0 saturated carbocycles. The largest absolute Gasteiger partial charge is 0.504 e. The van der Waals surface area contributed by atoms with Gasteiger partial charge in [0.2, 0.25) is 0 Å². The molecule has 0 aliphatic carbocycles. The fourth-order valence-corrected chi connectivity index (χ4v) is 2.84. The Balaban J connectivity index is 2.37. The molecule has 0 bridgehead atoms. The van der Waals surface area contributed by atoms with Gasteiger partial charge in [0.05, 0.1) is 18.0 Å². The first-order valence-electron chi connectivity index (χ1n) is 6.27. The van der Waals surface area contributed by atoms with Crippen LogP contribution in [0.1, 0.15) is 0 Å². The summed E-state index contributed by atoms with van der Waals surface area (Å²) in [5.41, 5.74) is 0.779. The van der Waals surface area contributed by atoms with Gasteiger partial charge in [0.25, 0.3) is 5.56 Å². The maximum absolute atomic E-state index is 12.6. The lowest BCUT2D eigenvalue weighted by Gasteiger charge is -2.09. The molecule has 4 heteroatoms. The summed E-state index contributed by atoms with van der Waals surface area (Å²) < 4.78 is 6.73. The van der Waals surface area contributed by atoms with Gasteiger partial charge in [-0.3, -0.25) is 9.20 Å². The van der Waals surface area contributed by atoms with E-state index in [2.05, 4.69) is 0 Å². The van der Waals surface area contributed by atoms with Crippen molar-refractivity contribution in [3.8, 4) is 11.5 Å². The summed E-state index contributed by atoms with van der Waals surface area (Å²) in [6.07, 6.45) is 1.78. The highest BCUT2D eigenvalue weighted by Crippen LogP contribution is 2.34. The quantitative estimate of drug-likeness (QED) is 0.538. The fourth-order valence-electron chi connectivity index (χ4n) is 2.84. The fraction of sp³-hybridized carbons (Fsp3) is 0.0625. The summed E-state index contributed by atoms with van der Waals surface area (Å²) in [5, 5.41) is 13.2. The van der Waals surface area contributed by atoms with Crippen molar-refractivity contribution in [2.45, 2.75) is 0 Å². The van der Waals surface area contributed by atoms with Crippen molar-refractivity contribution in [3.63, 3.8) is 0 Å². The second kappa shape index (κ2) is 3.63. The van der Waals surface area contributed by atoms with Gasteiger partial charge in [-0.1, -0.05) is 18.2 Å². The third kappa shape index (κ3) is 1.23. The molecule has 0 saturated heterocycles. The molecule has 0 spiro atoms. The Morgan fingerprint density at radius 2 is 1.95 bits per heavy atom. The predicted molar refractivity (Wildman–Crippen MR) is 78.1 cm³/mol. The number of fused-ring (bicyclic) bond motifs is 2. The Morgan fingerprint density at radius 3 is 2.75 bits per heavy atom. The lowest BCUT2D eigenvalue weighted by atomic mass is 10.0. The predicted octanol–water partition coefficient (Wildman–Crippen LogP) is 2.76. The minimum absolute atomic E-state index is 0.0380. The number of benzene rings is 2. The van der Waals surface area contributed by atoms with E-state index in [-0.39, 0.29) is 11.3 Å². The van der Waals surface area contributed by atoms with Crippen LogP contribution in [0.25, 0.3) is 27.1 Å². The van der Waals surface area contributed by atoms with E-state index in [4.69, 9.17) is 4.74 Å². The number of aromatic hydroxyl groups is 1. The van der Waals surface area contributed by atoms with E-state index in [1.165, 1.54) is 7.11 Å². The number of rotatable bonds is 1. The topological polar surface area (TPSA) is 50.9 Å². The molecule has 0 amide bonds. The molecule has 0 aliphatic heterocycles. The summed E-state index contributed by atoms with van der Waals surface area (Å²) in [6, 6.07) is 11.0. The molecule has 20 heavy (non-hydrogen) atoms. The average Bonchev–Trinajstić information content (AvgIpc) is 2.89. The Hall–Kier alpha value is -2.75. The Bertz CT molecular complexity index is 1020. The molecule has 4 rings (SSSR count). The molecule has 0 fully saturated rings. The standard InChI is InChI=1S/C16H11NO3/c1-20-14-8-12-11(7-13(14)18)10-4-2-3-9-5-6-17(15(9)10)16(12)19/h2-8,18H,1H3. The Morgan fingerprint density at radius 1 is 1.10 bits per heavy atom. The minimum atomic E-state index is -0.105. The molecule has 1 N–H and O–H groups in total. The monoisotopic (exact) mass is 265 g/mol. The van der Waals surface area contributed by atoms with Gasteiger partial charge in [0.1, 0.15) is 0 Å². The van der Waals surface area contributed by atoms with Crippen LogP contribution in [-0.4, -0.2) is 16.6 Å². The lowest BCUT2D eigenvalue weighted by molar-refractivity contribution is 0.374. The number of nitrogens with zero attached hydrogens (tertiary/aromatic N) is 1. The molecule has 2 aromatic carbocycles. The molecule has 0 aliphatic rings. The molecular formula is C16H11NO3. The van der Waals surface area contributed by atoms with Crippen molar-refractivity contribution >= 4 is 27.1 Å². The van der Waals surface area contributed by atoms with E-state index >= 15 is 0 Å². The van der Waals surface area contributed by atoms with Gasteiger partial charge >= 0.3 is 0 Å². The summed E-state index contributed by atoms with van der Waals surface area (Å²) >= 11 is 0. The molecule has 2 aromatic heterocycles. The van der Waals surface area contributed by atoms with Gasteiger partial charge in [0.15, 0.2) is 11.5 Å². The number of aromatic nitrogens is 1. The SMILES string of the molecule is COc1cc2c(=O)n3ccc4cccc(c2cc1O)c43. The van der Waals surface area contributed by atoms with Crippen LogP contribution in [0.3, 0.4) is 0 Å². The first-order valence-corrected chi connectivity index (χ1v) is 6.27. The van der Waals surface area contributed by atoms with E-state index in [0.29, 0.717) is 11.1 Å². The molecule has 4 aromatic rings. The number of phenolic OH excluding ortho intramolecular Hbond substituents is 1. The van der Waals surface area contributed by atoms with Gasteiger partial charge in [-0.15, -0.1) is 0 Å². The summed E-state index contributed by atoms with van der Waals surface area (Å²) in [6.45, 7) is 0. The Kier molecular flexibility index (Phi) is 2.02. The zero-order valence-corrected chi connectivity index (χ0v) is 10.8. The maximum Gasteiger partial charge on any atom is 0.263 e. The molecule has 0 atom stereocenters. The summed E-state index contributed by atoms with van der Waals surface area (Å²) in [5.74, 6) is 0.343. The third-order valence-electron chi connectivity index (χ3n) is 3.77. The Labute approximate surface area is 113 Å². The normalized spacial score (nSPS) is 11.7. The number of phenols is 1. The van der Waals surface area contributed by atoms with E-state index in [1.807, 2.05) is 24.3 Å². The van der Waals surface area contributed by atoms with Gasteiger partial charge < -0.3 is 9.84 Å². The highest BCUT2D eigenvalue weighted by Gasteiger charge is 2.14. The second-order valence-electron chi connectivity index (χ2n) is 4.80. The molecular weight excluding hydrogens is 254 g/mol. The van der Waals surface area contributed by atoms with Crippen molar-refractivity contribution in [1.82, 2.24) is 4.40 Å². The molecule has 0 radical (unpaired) electrons. The van der Waals surface area contributed by atoms with E-state index in [0.717, 1.165) is 21.7 Å². The maximum atomic E-state index is 12.6. The minimum Gasteiger partial charge on any atom is -0.504 e. The summed E-state index contributed by atoms with van der Waals surface area (Å²) in [7, 11) is 1.47. The van der Waals surface area contributed by atoms with Gasteiger partial charge in [-0.2, -0.15) is 0 Å². The van der Waals surface area contributed by atoms with Gasteiger partial charge in [-0.25, -0.2) is 0 Å². The number of methoxy groups -OCH3 is 1. The second-order valence-corrected chi connectivity index (χ2v) is 4.80. The van der Waals surface area contributed by atoms with Crippen LogP contribution in [0.5, 0.6) is 11.5 Å². The van der Waals surface area contributed by atoms with Crippen LogP contribution in [0.2, 0.25) is 0 Å². The number of hydrogen-bond donors (Lipinski definition) is 1. The van der Waals surface area contributed by atoms with Gasteiger partial charge in [-0.05, 0) is 18.2 Å². The number of para-hydroxylation sites is 1. The third-order valence-corrected chi connectivity index (χ3v) is 3.77. The van der Waals surface area contributed by atoms with Crippen LogP contribution in [0, 0.1) is 0 Å². The van der Waals surface area contributed by atoms with E-state index in [1.54, 1.807) is 22.7 Å². The first kappa shape index (κ1) is 11.1. The number of pyridine rings is 1. The average molecular weight is 265 g/mol. The molecule has 4 nitrogen and oxygen atoms in total. The highest BCUT2D eigenvalue weighted by atomic mass is 16.5. The zero-order chi connectivity index (χ0) is 13.9. The van der Waals surface area contributed by atoms with Crippen LogP contribution in [-0.2, 0) is 0 Å². The van der Waals surface area contributed by atoms with Crippen LogP contribution in [0.15, 0.2) is 47.4 Å². The molecule has 98 valence electrons. The first-order chi connectivity index (χ1) is 9.70. The van der Waals surface area contributed by atoms with E-state index in [9.17, 15) is 9.90 Å². The van der Waals surface area contributed by atoms with Crippen LogP contribution in [0.4, 0.5) is 0 Å². The highest BCUT2D eigenvalue weighted by molar-refractivity contribution is 6.12. The molecule has 0 unspecified atom stereocenters. The zero-order valence-electron chi connectivity index (χ0n) is 10.8. The molecule has 2 heterocycles. The van der Waals surface area contributed by atoms with E-state index < -0.39 is 0 Å². The summed E-state index contributed by atoms with van der Waals surface area (Å²) in [4.78, 5) is 12.6. The van der Waals surface area contributed by atoms with Crippen LogP contribution >= 0.6 is 0 Å². The van der Waals surface area contributed by atoms with Crippen molar-refractivity contribution in [3.05, 3.63) is 52.9 Å². The van der Waals surface area contributed by atoms with Crippen molar-refractivity contribution in [1.29, 1.82) is 0 Å². The number of hydrogen-bond acceptors (Lipinski definition) is 3. The lowest BCUT2D eigenvalue weighted by Crippen LogP contribution is -2.12. The van der Waals surface area contributed by atoms with Crippen molar-refractivity contribution in [2.24, 2.45) is 0 Å². The van der Waals surface area contributed by atoms with Crippen LogP contribution < -0.4 is 10.3 Å².